The monoisotopic (exact) mass is 412 g/mol. The first kappa shape index (κ1) is 21.0. The molecule has 0 radical (unpaired) electrons. The lowest BCUT2D eigenvalue weighted by atomic mass is 9.91. The van der Waals surface area contributed by atoms with Crippen LogP contribution in [-0.2, 0) is 19.9 Å². The third kappa shape index (κ3) is 4.45. The Morgan fingerprint density at radius 2 is 1.67 bits per heavy atom. The Morgan fingerprint density at radius 1 is 1.03 bits per heavy atom. The predicted molar refractivity (Wildman–Crippen MR) is 107 cm³/mol. The second kappa shape index (κ2) is 8.32. The van der Waals surface area contributed by atoms with Crippen LogP contribution < -0.4 is 16.0 Å². The maximum absolute atomic E-state index is 12.9. The number of nitrogens with one attached hydrogen (secondary N) is 3. The van der Waals surface area contributed by atoms with Gasteiger partial charge in [0.25, 0.3) is 5.91 Å². The molecule has 3 rings (SSSR count). The van der Waals surface area contributed by atoms with E-state index in [1.807, 2.05) is 19.1 Å². The van der Waals surface area contributed by atoms with Crippen molar-refractivity contribution in [3.8, 4) is 0 Å². The normalized spacial score (nSPS) is 18.2. The molecule has 0 unspecified atom stereocenters. The van der Waals surface area contributed by atoms with Crippen molar-refractivity contribution in [2.24, 2.45) is 0 Å². The average Bonchev–Trinajstić information content (AvgIpc) is 2.92. The van der Waals surface area contributed by atoms with Gasteiger partial charge >= 0.3 is 6.03 Å². The van der Waals surface area contributed by atoms with E-state index < -0.39 is 41.7 Å². The number of hydrogen-bond donors (Lipinski definition) is 3. The molecule has 9 heteroatoms. The van der Waals surface area contributed by atoms with Crippen LogP contribution in [0.1, 0.15) is 18.1 Å². The van der Waals surface area contributed by atoms with Gasteiger partial charge in [0, 0.05) is 5.69 Å². The fourth-order valence-corrected chi connectivity index (χ4v) is 3.04. The number of halogens is 1. The number of carbonyl (C=O) groups excluding carboxylic acids is 4. The van der Waals surface area contributed by atoms with Crippen LogP contribution in [0, 0.1) is 12.7 Å². The summed E-state index contributed by atoms with van der Waals surface area (Å²) in [4.78, 5) is 50.0. The number of carbonyl (C=O) groups is 4. The Morgan fingerprint density at radius 3 is 2.30 bits per heavy atom. The summed E-state index contributed by atoms with van der Waals surface area (Å²) in [5, 5.41) is 7.47. The first-order chi connectivity index (χ1) is 14.2. The number of aryl methyl sites for hydroxylation is 1. The van der Waals surface area contributed by atoms with Gasteiger partial charge in [0.1, 0.15) is 17.9 Å². The van der Waals surface area contributed by atoms with Gasteiger partial charge < -0.3 is 16.0 Å². The fraction of sp³-hybridized carbons (Fsp3) is 0.238. The van der Waals surface area contributed by atoms with Crippen molar-refractivity contribution < 1.29 is 23.6 Å². The lowest BCUT2D eigenvalue weighted by molar-refractivity contribution is -0.135. The molecule has 5 amide bonds. The van der Waals surface area contributed by atoms with Crippen molar-refractivity contribution in [1.82, 2.24) is 15.5 Å². The van der Waals surface area contributed by atoms with Gasteiger partial charge in [0.2, 0.25) is 11.8 Å². The van der Waals surface area contributed by atoms with Crippen molar-refractivity contribution in [3.05, 3.63) is 65.5 Å². The summed E-state index contributed by atoms with van der Waals surface area (Å²) in [6, 6.07) is 11.6. The predicted octanol–water partition coefficient (Wildman–Crippen LogP) is 1.66. The maximum Gasteiger partial charge on any atom is 0.325 e. The van der Waals surface area contributed by atoms with E-state index in [-0.39, 0.29) is 6.54 Å². The molecule has 1 aliphatic heterocycles. The van der Waals surface area contributed by atoms with E-state index in [0.29, 0.717) is 11.3 Å². The molecular formula is C21H21FN4O4. The van der Waals surface area contributed by atoms with Crippen molar-refractivity contribution in [1.29, 1.82) is 0 Å². The van der Waals surface area contributed by atoms with Crippen LogP contribution in [0.2, 0.25) is 0 Å². The first-order valence-corrected chi connectivity index (χ1v) is 9.22. The first-order valence-electron chi connectivity index (χ1n) is 9.22. The SMILES string of the molecule is Cc1ccc([C@@]2(C)NC(=O)N(CC(=O)NCC(=O)Nc3ccc(F)cc3)C2=O)cc1. The molecule has 1 saturated heterocycles. The van der Waals surface area contributed by atoms with Gasteiger partial charge in [-0.3, -0.25) is 19.3 Å². The molecule has 0 saturated carbocycles. The van der Waals surface area contributed by atoms with Crippen molar-refractivity contribution >= 4 is 29.4 Å². The number of nitrogens with zero attached hydrogens (tertiary/aromatic N) is 1. The van der Waals surface area contributed by atoms with E-state index in [2.05, 4.69) is 16.0 Å². The van der Waals surface area contributed by atoms with Gasteiger partial charge in [0.15, 0.2) is 0 Å². The molecule has 0 aromatic heterocycles. The van der Waals surface area contributed by atoms with Gasteiger partial charge in [-0.05, 0) is 43.7 Å². The molecule has 30 heavy (non-hydrogen) atoms. The summed E-state index contributed by atoms with van der Waals surface area (Å²) in [6.07, 6.45) is 0. The second-order valence-electron chi connectivity index (χ2n) is 7.14. The second-order valence-corrected chi connectivity index (χ2v) is 7.14. The highest BCUT2D eigenvalue weighted by molar-refractivity contribution is 6.09. The van der Waals surface area contributed by atoms with Gasteiger partial charge in [-0.1, -0.05) is 29.8 Å². The lowest BCUT2D eigenvalue weighted by Gasteiger charge is -2.22. The van der Waals surface area contributed by atoms with Crippen LogP contribution in [0.15, 0.2) is 48.5 Å². The van der Waals surface area contributed by atoms with Crippen molar-refractivity contribution in [2.75, 3.05) is 18.4 Å². The Balaban J connectivity index is 1.56. The average molecular weight is 412 g/mol. The summed E-state index contributed by atoms with van der Waals surface area (Å²) in [5.41, 5.74) is 0.714. The highest BCUT2D eigenvalue weighted by Crippen LogP contribution is 2.28. The van der Waals surface area contributed by atoms with E-state index in [1.165, 1.54) is 24.3 Å². The van der Waals surface area contributed by atoms with E-state index in [4.69, 9.17) is 0 Å². The summed E-state index contributed by atoms with van der Waals surface area (Å²) in [6.45, 7) is 2.60. The minimum absolute atomic E-state index is 0.366. The molecule has 3 N–H and O–H groups in total. The molecular weight excluding hydrogens is 391 g/mol. The Bertz CT molecular complexity index is 991. The number of urea groups is 1. The number of rotatable bonds is 6. The molecule has 2 aromatic carbocycles. The molecule has 1 fully saturated rings. The van der Waals surface area contributed by atoms with Gasteiger partial charge in [-0.15, -0.1) is 0 Å². The standard InChI is InChI=1S/C21H21FN4O4/c1-13-3-5-14(6-4-13)21(2)19(29)26(20(30)25-21)12-18(28)23-11-17(27)24-16-9-7-15(22)8-10-16/h3-10H,11-12H2,1-2H3,(H,23,28)(H,24,27)(H,25,30)/t21-/m1/s1. The van der Waals surface area contributed by atoms with Crippen molar-refractivity contribution in [3.63, 3.8) is 0 Å². The van der Waals surface area contributed by atoms with E-state index in [9.17, 15) is 23.6 Å². The molecule has 156 valence electrons. The van der Waals surface area contributed by atoms with Crippen LogP contribution in [0.3, 0.4) is 0 Å². The zero-order chi connectivity index (χ0) is 21.9. The Hall–Kier alpha value is -3.75. The minimum Gasteiger partial charge on any atom is -0.345 e. The molecule has 0 spiro atoms. The van der Waals surface area contributed by atoms with Gasteiger partial charge in [0.05, 0.1) is 6.54 Å². The molecule has 1 heterocycles. The van der Waals surface area contributed by atoms with Crippen molar-refractivity contribution in [2.45, 2.75) is 19.4 Å². The highest BCUT2D eigenvalue weighted by Gasteiger charge is 2.49. The molecule has 1 aliphatic rings. The maximum atomic E-state index is 12.9. The summed E-state index contributed by atoms with van der Waals surface area (Å²) in [7, 11) is 0. The number of anilines is 1. The third-order valence-electron chi connectivity index (χ3n) is 4.78. The molecule has 1 atom stereocenters. The minimum atomic E-state index is -1.27. The smallest absolute Gasteiger partial charge is 0.325 e. The van der Waals surface area contributed by atoms with Crippen LogP contribution in [0.25, 0.3) is 0 Å². The zero-order valence-corrected chi connectivity index (χ0v) is 16.5. The molecule has 8 nitrogen and oxygen atoms in total. The number of benzene rings is 2. The van der Waals surface area contributed by atoms with E-state index >= 15 is 0 Å². The Labute approximate surface area is 172 Å². The summed E-state index contributed by atoms with van der Waals surface area (Å²) < 4.78 is 12.9. The molecule has 0 aliphatic carbocycles. The van der Waals surface area contributed by atoms with Crippen LogP contribution >= 0.6 is 0 Å². The molecule has 0 bridgehead atoms. The van der Waals surface area contributed by atoms with E-state index in [0.717, 1.165) is 10.5 Å². The van der Waals surface area contributed by atoms with Crippen LogP contribution in [0.4, 0.5) is 14.9 Å². The number of amides is 5. The lowest BCUT2D eigenvalue weighted by Crippen LogP contribution is -2.44. The quantitative estimate of drug-likeness (QED) is 0.627. The molecule has 2 aromatic rings. The third-order valence-corrected chi connectivity index (χ3v) is 4.78. The Kier molecular flexibility index (Phi) is 5.81. The summed E-state index contributed by atoms with van der Waals surface area (Å²) in [5.74, 6) is -2.19. The summed E-state index contributed by atoms with van der Waals surface area (Å²) >= 11 is 0. The van der Waals surface area contributed by atoms with Gasteiger partial charge in [-0.2, -0.15) is 0 Å². The largest absolute Gasteiger partial charge is 0.345 e. The van der Waals surface area contributed by atoms with E-state index in [1.54, 1.807) is 19.1 Å². The number of imide groups is 1. The van der Waals surface area contributed by atoms with Crippen LogP contribution in [0.5, 0.6) is 0 Å². The topological polar surface area (TPSA) is 108 Å². The number of hydrogen-bond acceptors (Lipinski definition) is 4. The van der Waals surface area contributed by atoms with Gasteiger partial charge in [-0.25, -0.2) is 9.18 Å². The van der Waals surface area contributed by atoms with Crippen LogP contribution in [-0.4, -0.2) is 41.7 Å². The zero-order valence-electron chi connectivity index (χ0n) is 16.5. The highest BCUT2D eigenvalue weighted by atomic mass is 19.1. The fourth-order valence-electron chi connectivity index (χ4n) is 3.04.